The van der Waals surface area contributed by atoms with Crippen LogP contribution in [0, 0.1) is 30.6 Å². The molecule has 2 atom stereocenters. The van der Waals surface area contributed by atoms with Crippen LogP contribution in [-0.2, 0) is 14.8 Å². The Kier molecular flexibility index (Phi) is 4.66. The predicted molar refractivity (Wildman–Crippen MR) is 112 cm³/mol. The molecule has 3 aliphatic rings. The molecule has 0 amide bonds. The van der Waals surface area contributed by atoms with E-state index in [1.807, 2.05) is 0 Å². The molecule has 1 aromatic carbocycles. The lowest BCUT2D eigenvalue weighted by atomic mass is 9.70. The quantitative estimate of drug-likeness (QED) is 0.774. The third-order valence-corrected chi connectivity index (χ3v) is 9.97. The van der Waals surface area contributed by atoms with E-state index in [1.165, 1.54) is 16.8 Å². The number of Topliss-reactive ketones (excluding diaryl/α,β-unsaturated/α-hetero) is 1. The molecular formula is C22H32N2O3S. The summed E-state index contributed by atoms with van der Waals surface area (Å²) in [6.45, 7) is 10.8. The minimum Gasteiger partial charge on any atom is -0.368 e. The van der Waals surface area contributed by atoms with E-state index in [9.17, 15) is 13.2 Å². The number of hydrogen-bond donors (Lipinski definition) is 0. The third kappa shape index (κ3) is 2.83. The molecule has 0 unspecified atom stereocenters. The van der Waals surface area contributed by atoms with E-state index in [2.05, 4.69) is 50.8 Å². The standard InChI is InChI=1S/C22H32N2O3S/c1-16-6-5-7-17(2)20(16)23-10-12-24(13-11-23)28(26,27)15-22-9-8-18(14-19(22)25)21(22,3)4/h5-7,18H,8-15H2,1-4H3/t18-,22+/m0/s1. The van der Waals surface area contributed by atoms with Crippen molar-refractivity contribution in [3.63, 3.8) is 0 Å². The molecular weight excluding hydrogens is 372 g/mol. The maximum atomic E-state index is 13.3. The number of para-hydroxylation sites is 1. The van der Waals surface area contributed by atoms with Gasteiger partial charge in [-0.2, -0.15) is 4.31 Å². The molecule has 28 heavy (non-hydrogen) atoms. The lowest BCUT2D eigenvalue weighted by molar-refractivity contribution is -0.128. The summed E-state index contributed by atoms with van der Waals surface area (Å²) >= 11 is 0. The van der Waals surface area contributed by atoms with Crippen LogP contribution in [0.15, 0.2) is 18.2 Å². The molecule has 5 nitrogen and oxygen atoms in total. The first kappa shape index (κ1) is 19.9. The van der Waals surface area contributed by atoms with Gasteiger partial charge in [0.15, 0.2) is 0 Å². The van der Waals surface area contributed by atoms with Crippen molar-refractivity contribution < 1.29 is 13.2 Å². The predicted octanol–water partition coefficient (Wildman–Crippen LogP) is 3.15. The van der Waals surface area contributed by atoms with Crippen LogP contribution in [0.1, 0.15) is 44.2 Å². The monoisotopic (exact) mass is 404 g/mol. The molecule has 2 bridgehead atoms. The molecule has 1 aliphatic heterocycles. The van der Waals surface area contributed by atoms with Crippen molar-refractivity contribution in [2.75, 3.05) is 36.8 Å². The van der Waals surface area contributed by atoms with Gasteiger partial charge in [-0.3, -0.25) is 4.79 Å². The third-order valence-electron chi connectivity index (χ3n) is 7.96. The fourth-order valence-corrected chi connectivity index (χ4v) is 8.21. The van der Waals surface area contributed by atoms with Crippen LogP contribution < -0.4 is 4.90 Å². The normalized spacial score (nSPS) is 30.2. The number of aryl methyl sites for hydroxylation is 2. The van der Waals surface area contributed by atoms with Crippen molar-refractivity contribution in [2.45, 2.75) is 47.0 Å². The van der Waals surface area contributed by atoms with Crippen LogP contribution in [0.4, 0.5) is 5.69 Å². The lowest BCUT2D eigenvalue weighted by Gasteiger charge is -2.40. The molecule has 3 fully saturated rings. The Balaban J connectivity index is 1.50. The van der Waals surface area contributed by atoms with Gasteiger partial charge < -0.3 is 4.90 Å². The smallest absolute Gasteiger partial charge is 0.215 e. The highest BCUT2D eigenvalue weighted by atomic mass is 32.2. The average molecular weight is 405 g/mol. The second-order valence-electron chi connectivity index (χ2n) is 9.55. The Morgan fingerprint density at radius 2 is 1.68 bits per heavy atom. The number of carbonyl (C=O) groups excluding carboxylic acids is 1. The Morgan fingerprint density at radius 1 is 1.07 bits per heavy atom. The zero-order chi connectivity index (χ0) is 20.3. The van der Waals surface area contributed by atoms with Gasteiger partial charge in [0.25, 0.3) is 0 Å². The number of ketones is 1. The van der Waals surface area contributed by atoms with Gasteiger partial charge in [-0.05, 0) is 49.1 Å². The minimum absolute atomic E-state index is 0.00821. The molecule has 1 heterocycles. The van der Waals surface area contributed by atoms with Crippen molar-refractivity contribution in [1.29, 1.82) is 0 Å². The van der Waals surface area contributed by atoms with Crippen molar-refractivity contribution in [1.82, 2.24) is 4.31 Å². The van der Waals surface area contributed by atoms with Crippen molar-refractivity contribution in [2.24, 2.45) is 16.7 Å². The maximum Gasteiger partial charge on any atom is 0.215 e. The number of piperazine rings is 1. The number of fused-ring (bicyclic) bond motifs is 2. The Bertz CT molecular complexity index is 880. The average Bonchev–Trinajstić information content (AvgIpc) is 2.96. The molecule has 2 saturated carbocycles. The van der Waals surface area contributed by atoms with E-state index >= 15 is 0 Å². The van der Waals surface area contributed by atoms with E-state index in [0.29, 0.717) is 38.5 Å². The van der Waals surface area contributed by atoms with E-state index < -0.39 is 15.4 Å². The summed E-state index contributed by atoms with van der Waals surface area (Å²) in [7, 11) is -3.45. The van der Waals surface area contributed by atoms with E-state index in [0.717, 1.165) is 12.8 Å². The number of nitrogens with zero attached hydrogens (tertiary/aromatic N) is 2. The Morgan fingerprint density at radius 3 is 2.18 bits per heavy atom. The van der Waals surface area contributed by atoms with Crippen LogP contribution in [0.3, 0.4) is 0 Å². The highest BCUT2D eigenvalue weighted by molar-refractivity contribution is 7.89. The lowest BCUT2D eigenvalue weighted by Crippen LogP contribution is -2.53. The summed E-state index contributed by atoms with van der Waals surface area (Å²) in [5.74, 6) is 0.508. The molecule has 0 radical (unpaired) electrons. The van der Waals surface area contributed by atoms with Gasteiger partial charge in [0.2, 0.25) is 10.0 Å². The zero-order valence-corrected chi connectivity index (χ0v) is 18.3. The summed E-state index contributed by atoms with van der Waals surface area (Å²) < 4.78 is 28.2. The Labute approximate surface area is 169 Å². The number of sulfonamides is 1. The van der Waals surface area contributed by atoms with Gasteiger partial charge in [-0.25, -0.2) is 8.42 Å². The molecule has 154 valence electrons. The largest absolute Gasteiger partial charge is 0.368 e. The highest BCUT2D eigenvalue weighted by Crippen LogP contribution is 2.64. The number of hydrogen-bond acceptors (Lipinski definition) is 4. The van der Waals surface area contributed by atoms with Crippen LogP contribution in [0.5, 0.6) is 0 Å². The first-order chi connectivity index (χ1) is 13.1. The van der Waals surface area contributed by atoms with Gasteiger partial charge in [0, 0.05) is 43.7 Å². The number of benzene rings is 1. The molecule has 0 aromatic heterocycles. The Hall–Kier alpha value is -1.40. The van der Waals surface area contributed by atoms with Gasteiger partial charge >= 0.3 is 0 Å². The number of anilines is 1. The summed E-state index contributed by atoms with van der Waals surface area (Å²) in [5, 5.41) is 0. The van der Waals surface area contributed by atoms with Crippen LogP contribution >= 0.6 is 0 Å². The van der Waals surface area contributed by atoms with E-state index in [-0.39, 0.29) is 17.0 Å². The molecule has 2 aliphatic carbocycles. The molecule has 1 saturated heterocycles. The first-order valence-electron chi connectivity index (χ1n) is 10.4. The van der Waals surface area contributed by atoms with E-state index in [4.69, 9.17) is 0 Å². The summed E-state index contributed by atoms with van der Waals surface area (Å²) in [6.07, 6.45) is 2.27. The SMILES string of the molecule is Cc1cccc(C)c1N1CCN(S(=O)(=O)C[C@]23CC[C@@H](CC2=O)C3(C)C)CC1. The van der Waals surface area contributed by atoms with Gasteiger partial charge in [-0.1, -0.05) is 32.0 Å². The summed E-state index contributed by atoms with van der Waals surface area (Å²) in [4.78, 5) is 15.1. The number of rotatable bonds is 4. The number of carbonyl (C=O) groups is 1. The van der Waals surface area contributed by atoms with Gasteiger partial charge in [-0.15, -0.1) is 0 Å². The molecule has 0 spiro atoms. The van der Waals surface area contributed by atoms with Crippen LogP contribution in [0.2, 0.25) is 0 Å². The van der Waals surface area contributed by atoms with Crippen molar-refractivity contribution >= 4 is 21.5 Å². The first-order valence-corrected chi connectivity index (χ1v) is 12.0. The van der Waals surface area contributed by atoms with Crippen molar-refractivity contribution in [3.05, 3.63) is 29.3 Å². The summed E-state index contributed by atoms with van der Waals surface area (Å²) in [6, 6.07) is 6.27. The van der Waals surface area contributed by atoms with Gasteiger partial charge in [0.05, 0.1) is 5.75 Å². The summed E-state index contributed by atoms with van der Waals surface area (Å²) in [5.41, 5.74) is 2.79. The zero-order valence-electron chi connectivity index (χ0n) is 17.5. The fraction of sp³-hybridized carbons (Fsp3) is 0.682. The van der Waals surface area contributed by atoms with Gasteiger partial charge in [0.1, 0.15) is 5.78 Å². The van der Waals surface area contributed by atoms with E-state index in [1.54, 1.807) is 4.31 Å². The van der Waals surface area contributed by atoms with Crippen LogP contribution in [0.25, 0.3) is 0 Å². The molecule has 6 heteroatoms. The van der Waals surface area contributed by atoms with Crippen molar-refractivity contribution in [3.8, 4) is 0 Å². The fourth-order valence-electron chi connectivity index (χ4n) is 6.01. The highest BCUT2D eigenvalue weighted by Gasteiger charge is 2.65. The second kappa shape index (κ2) is 6.56. The topological polar surface area (TPSA) is 57.7 Å². The molecule has 1 aromatic rings. The minimum atomic E-state index is -3.45. The van der Waals surface area contributed by atoms with Crippen LogP contribution in [-0.4, -0.2) is 50.4 Å². The molecule has 0 N–H and O–H groups in total. The molecule has 4 rings (SSSR count). The second-order valence-corrected chi connectivity index (χ2v) is 11.5. The maximum absolute atomic E-state index is 13.3.